The van der Waals surface area contributed by atoms with E-state index in [1.807, 2.05) is 0 Å². The van der Waals surface area contributed by atoms with Gasteiger partial charge in [-0.2, -0.15) is 13.2 Å². The Kier molecular flexibility index (Phi) is 4.54. The minimum atomic E-state index is -4.51. The van der Waals surface area contributed by atoms with E-state index >= 15 is 0 Å². The average Bonchev–Trinajstić information content (AvgIpc) is 2.47. The van der Waals surface area contributed by atoms with Gasteiger partial charge in [0.25, 0.3) is 0 Å². The minimum Gasteiger partial charge on any atom is -0.478 e. The Labute approximate surface area is 128 Å². The number of hydrogen-bond acceptors (Lipinski definition) is 3. The monoisotopic (exact) mass is 324 g/mol. The number of alkyl halides is 3. The molecule has 0 spiro atoms. The van der Waals surface area contributed by atoms with E-state index in [0.29, 0.717) is 6.41 Å². The molecule has 1 amide bonds. The van der Waals surface area contributed by atoms with Gasteiger partial charge >= 0.3 is 12.1 Å². The molecule has 0 unspecified atom stereocenters. The zero-order valence-electron chi connectivity index (χ0n) is 11.5. The summed E-state index contributed by atoms with van der Waals surface area (Å²) in [5.41, 5.74) is -0.947. The number of hydrogen-bond donors (Lipinski definition) is 3. The first-order chi connectivity index (χ1) is 10.8. The lowest BCUT2D eigenvalue weighted by Crippen LogP contribution is -2.09. The summed E-state index contributed by atoms with van der Waals surface area (Å²) in [6.07, 6.45) is -4.19. The fourth-order valence-corrected chi connectivity index (χ4v) is 2.00. The summed E-state index contributed by atoms with van der Waals surface area (Å²) in [6.45, 7) is 0. The summed E-state index contributed by atoms with van der Waals surface area (Å²) in [6, 6.07) is 8.59. The van der Waals surface area contributed by atoms with Crippen LogP contribution in [0.3, 0.4) is 0 Å². The molecule has 0 aromatic heterocycles. The summed E-state index contributed by atoms with van der Waals surface area (Å²) in [5.74, 6) is -1.33. The first-order valence-corrected chi connectivity index (χ1v) is 6.33. The van der Waals surface area contributed by atoms with Gasteiger partial charge in [0.15, 0.2) is 0 Å². The van der Waals surface area contributed by atoms with Crippen molar-refractivity contribution < 1.29 is 27.9 Å². The molecule has 0 aliphatic heterocycles. The third kappa shape index (κ3) is 3.79. The normalized spacial score (nSPS) is 10.9. The van der Waals surface area contributed by atoms with E-state index < -0.39 is 17.7 Å². The van der Waals surface area contributed by atoms with Crippen LogP contribution in [0, 0.1) is 0 Å². The number of carboxylic acid groups (broad SMARTS) is 1. The lowest BCUT2D eigenvalue weighted by Gasteiger charge is -2.14. The predicted molar refractivity (Wildman–Crippen MR) is 77.8 cm³/mol. The smallest absolute Gasteiger partial charge is 0.416 e. The highest BCUT2D eigenvalue weighted by molar-refractivity contribution is 6.02. The summed E-state index contributed by atoms with van der Waals surface area (Å²) in [7, 11) is 0. The Morgan fingerprint density at radius 1 is 1.09 bits per heavy atom. The van der Waals surface area contributed by atoms with Crippen molar-refractivity contribution in [2.45, 2.75) is 6.18 Å². The largest absolute Gasteiger partial charge is 0.478 e. The van der Waals surface area contributed by atoms with E-state index in [2.05, 4.69) is 10.6 Å². The van der Waals surface area contributed by atoms with Crippen molar-refractivity contribution >= 4 is 29.4 Å². The maximum absolute atomic E-state index is 12.7. The molecule has 23 heavy (non-hydrogen) atoms. The Bertz CT molecular complexity index is 745. The van der Waals surface area contributed by atoms with Gasteiger partial charge in [-0.1, -0.05) is 12.1 Å². The third-order valence-corrected chi connectivity index (χ3v) is 2.96. The summed E-state index contributed by atoms with van der Waals surface area (Å²) in [5, 5.41) is 14.1. The molecule has 8 heteroatoms. The van der Waals surface area contributed by atoms with Crippen molar-refractivity contribution in [1.29, 1.82) is 0 Å². The van der Waals surface area contributed by atoms with Crippen LogP contribution in [-0.4, -0.2) is 17.5 Å². The standard InChI is InChI=1S/C15H11F3N2O3/c16-15(17,18)9-3-1-4-10(7-9)20-12-6-2-5-11(19-8-21)13(12)14(22)23/h1-8,20H,(H,19,21)(H,22,23). The Balaban J connectivity index is 2.42. The first-order valence-electron chi connectivity index (χ1n) is 6.33. The van der Waals surface area contributed by atoms with Crippen LogP contribution in [0.25, 0.3) is 0 Å². The van der Waals surface area contributed by atoms with Crippen LogP contribution < -0.4 is 10.6 Å². The Hall–Kier alpha value is -3.03. The fourth-order valence-electron chi connectivity index (χ4n) is 2.00. The maximum Gasteiger partial charge on any atom is 0.416 e. The van der Waals surface area contributed by atoms with Gasteiger partial charge in [-0.15, -0.1) is 0 Å². The topological polar surface area (TPSA) is 78.4 Å². The lowest BCUT2D eigenvalue weighted by atomic mass is 10.1. The molecule has 120 valence electrons. The van der Waals surface area contributed by atoms with Gasteiger partial charge in [-0.25, -0.2) is 4.79 Å². The molecule has 2 rings (SSSR count). The Morgan fingerprint density at radius 2 is 1.74 bits per heavy atom. The van der Waals surface area contributed by atoms with Crippen molar-refractivity contribution in [3.63, 3.8) is 0 Å². The number of amides is 1. The van der Waals surface area contributed by atoms with E-state index in [0.717, 1.165) is 12.1 Å². The van der Waals surface area contributed by atoms with Gasteiger partial charge in [0.2, 0.25) is 6.41 Å². The molecule has 2 aromatic carbocycles. The molecular weight excluding hydrogens is 313 g/mol. The number of carbonyl (C=O) groups excluding carboxylic acids is 1. The molecule has 0 radical (unpaired) electrons. The van der Waals surface area contributed by atoms with Crippen LogP contribution in [0.1, 0.15) is 15.9 Å². The van der Waals surface area contributed by atoms with Crippen LogP contribution in [0.5, 0.6) is 0 Å². The number of carbonyl (C=O) groups is 2. The van der Waals surface area contributed by atoms with E-state index in [1.165, 1.54) is 30.3 Å². The molecule has 0 heterocycles. The molecule has 0 fully saturated rings. The molecule has 0 aliphatic carbocycles. The van der Waals surface area contributed by atoms with Gasteiger partial charge < -0.3 is 15.7 Å². The average molecular weight is 324 g/mol. The van der Waals surface area contributed by atoms with Gasteiger partial charge in [0.05, 0.1) is 16.9 Å². The number of anilines is 3. The fraction of sp³-hybridized carbons (Fsp3) is 0.0667. The molecule has 0 saturated heterocycles. The number of halogens is 3. The van der Waals surface area contributed by atoms with Crippen molar-refractivity contribution in [2.24, 2.45) is 0 Å². The minimum absolute atomic E-state index is 0.0319. The number of rotatable bonds is 5. The van der Waals surface area contributed by atoms with E-state index in [1.54, 1.807) is 0 Å². The number of benzene rings is 2. The molecule has 2 aromatic rings. The molecule has 0 aliphatic rings. The number of aromatic carboxylic acids is 1. The summed E-state index contributed by atoms with van der Waals surface area (Å²) in [4.78, 5) is 21.9. The third-order valence-electron chi connectivity index (χ3n) is 2.96. The van der Waals surface area contributed by atoms with Gasteiger partial charge in [-0.05, 0) is 30.3 Å². The van der Waals surface area contributed by atoms with Crippen LogP contribution >= 0.6 is 0 Å². The molecule has 3 N–H and O–H groups in total. The van der Waals surface area contributed by atoms with E-state index in [9.17, 15) is 27.9 Å². The quantitative estimate of drug-likeness (QED) is 0.733. The molecule has 5 nitrogen and oxygen atoms in total. The highest BCUT2D eigenvalue weighted by atomic mass is 19.4. The van der Waals surface area contributed by atoms with Gasteiger partial charge in [0.1, 0.15) is 5.56 Å². The molecule has 0 saturated carbocycles. The highest BCUT2D eigenvalue weighted by Gasteiger charge is 2.30. The number of carboxylic acids is 1. The first kappa shape index (κ1) is 16.3. The summed E-state index contributed by atoms with van der Waals surface area (Å²) >= 11 is 0. The van der Waals surface area contributed by atoms with E-state index in [-0.39, 0.29) is 22.6 Å². The maximum atomic E-state index is 12.7. The zero-order chi connectivity index (χ0) is 17.0. The van der Waals surface area contributed by atoms with Crippen molar-refractivity contribution in [2.75, 3.05) is 10.6 Å². The van der Waals surface area contributed by atoms with Gasteiger partial charge in [0, 0.05) is 5.69 Å². The molecule has 0 atom stereocenters. The SMILES string of the molecule is O=CNc1cccc(Nc2cccc(C(F)(F)F)c2)c1C(=O)O. The lowest BCUT2D eigenvalue weighted by molar-refractivity contribution is -0.137. The Morgan fingerprint density at radius 3 is 2.35 bits per heavy atom. The predicted octanol–water partition coefficient (Wildman–Crippen LogP) is 3.72. The number of nitrogens with one attached hydrogen (secondary N) is 2. The van der Waals surface area contributed by atoms with E-state index in [4.69, 9.17) is 0 Å². The molecule has 0 bridgehead atoms. The highest BCUT2D eigenvalue weighted by Crippen LogP contribution is 2.32. The molecular formula is C15H11F3N2O3. The van der Waals surface area contributed by atoms with Gasteiger partial charge in [-0.3, -0.25) is 4.79 Å². The van der Waals surface area contributed by atoms with Crippen LogP contribution in [0.15, 0.2) is 42.5 Å². The van der Waals surface area contributed by atoms with Crippen molar-refractivity contribution in [1.82, 2.24) is 0 Å². The van der Waals surface area contributed by atoms with Crippen LogP contribution in [0.2, 0.25) is 0 Å². The van der Waals surface area contributed by atoms with Crippen molar-refractivity contribution in [3.8, 4) is 0 Å². The van der Waals surface area contributed by atoms with Crippen molar-refractivity contribution in [3.05, 3.63) is 53.6 Å². The summed E-state index contributed by atoms with van der Waals surface area (Å²) < 4.78 is 38.1. The second-order valence-electron chi connectivity index (χ2n) is 4.50. The second-order valence-corrected chi connectivity index (χ2v) is 4.50. The van der Waals surface area contributed by atoms with Crippen LogP contribution in [-0.2, 0) is 11.0 Å². The van der Waals surface area contributed by atoms with Crippen LogP contribution in [0.4, 0.5) is 30.2 Å². The zero-order valence-corrected chi connectivity index (χ0v) is 11.5. The second kappa shape index (κ2) is 6.39.